The summed E-state index contributed by atoms with van der Waals surface area (Å²) in [5, 5.41) is 24.6. The van der Waals surface area contributed by atoms with Crippen LogP contribution >= 0.6 is 0 Å². The predicted octanol–water partition coefficient (Wildman–Crippen LogP) is 3.13. The molecule has 2 heterocycles. The number of nitrogens with zero attached hydrogens (tertiary/aromatic N) is 5. The lowest BCUT2D eigenvalue weighted by molar-refractivity contribution is 0.202. The van der Waals surface area contributed by atoms with E-state index >= 15 is 0 Å². The van der Waals surface area contributed by atoms with Crippen LogP contribution in [-0.2, 0) is 6.54 Å². The fourth-order valence-electron chi connectivity index (χ4n) is 3.25. The Labute approximate surface area is 173 Å². The number of anilines is 1. The molecule has 1 amide bonds. The van der Waals surface area contributed by atoms with E-state index in [1.165, 1.54) is 11.6 Å². The Bertz CT molecular complexity index is 1090. The maximum atomic E-state index is 13.3. The molecule has 0 bridgehead atoms. The molecule has 0 aliphatic rings. The molecule has 30 heavy (non-hydrogen) atoms. The van der Waals surface area contributed by atoms with Gasteiger partial charge in [-0.3, -0.25) is 14.3 Å². The SMILES string of the molecule is CCCCOc1c(N(C)C(=O)O)n(CC(C)C)c(=O)c2ccc(-c3nn[nH]n3)cc12. The summed E-state index contributed by atoms with van der Waals surface area (Å²) in [6.45, 7) is 6.74. The summed E-state index contributed by atoms with van der Waals surface area (Å²) in [6.07, 6.45) is 0.536. The van der Waals surface area contributed by atoms with E-state index in [0.717, 1.165) is 17.7 Å². The van der Waals surface area contributed by atoms with Crippen molar-refractivity contribution in [3.8, 4) is 17.1 Å². The first-order valence-electron chi connectivity index (χ1n) is 9.89. The lowest BCUT2D eigenvalue weighted by Gasteiger charge is -2.25. The summed E-state index contributed by atoms with van der Waals surface area (Å²) in [5.41, 5.74) is 0.367. The van der Waals surface area contributed by atoms with Crippen LogP contribution in [0.2, 0.25) is 0 Å². The number of nitrogens with one attached hydrogen (secondary N) is 1. The van der Waals surface area contributed by atoms with Crippen molar-refractivity contribution in [2.24, 2.45) is 5.92 Å². The van der Waals surface area contributed by atoms with E-state index in [4.69, 9.17) is 4.74 Å². The first kappa shape index (κ1) is 21.3. The molecular formula is C20H26N6O4. The summed E-state index contributed by atoms with van der Waals surface area (Å²) >= 11 is 0. The molecule has 0 radical (unpaired) electrons. The Morgan fingerprint density at radius 3 is 2.70 bits per heavy atom. The zero-order valence-corrected chi connectivity index (χ0v) is 17.5. The topological polar surface area (TPSA) is 126 Å². The third-order valence-corrected chi connectivity index (χ3v) is 4.70. The number of aromatic amines is 1. The van der Waals surface area contributed by atoms with Crippen LogP contribution in [0.3, 0.4) is 0 Å². The van der Waals surface area contributed by atoms with Crippen molar-refractivity contribution in [2.75, 3.05) is 18.6 Å². The summed E-state index contributed by atoms with van der Waals surface area (Å²) in [6, 6.07) is 5.17. The van der Waals surface area contributed by atoms with Crippen LogP contribution < -0.4 is 15.2 Å². The highest BCUT2D eigenvalue weighted by molar-refractivity contribution is 5.98. The van der Waals surface area contributed by atoms with E-state index in [-0.39, 0.29) is 17.3 Å². The van der Waals surface area contributed by atoms with Crippen LogP contribution in [-0.4, -0.2) is 50.0 Å². The van der Waals surface area contributed by atoms with Crippen LogP contribution in [0.15, 0.2) is 23.0 Å². The van der Waals surface area contributed by atoms with E-state index in [9.17, 15) is 14.7 Å². The number of benzene rings is 1. The van der Waals surface area contributed by atoms with Gasteiger partial charge in [-0.25, -0.2) is 4.79 Å². The van der Waals surface area contributed by atoms with Crippen molar-refractivity contribution in [3.05, 3.63) is 28.6 Å². The molecule has 2 N–H and O–H groups in total. The second-order valence-electron chi connectivity index (χ2n) is 7.50. The zero-order chi connectivity index (χ0) is 21.8. The number of H-pyrrole nitrogens is 1. The van der Waals surface area contributed by atoms with E-state index in [2.05, 4.69) is 20.6 Å². The predicted molar refractivity (Wildman–Crippen MR) is 113 cm³/mol. The molecule has 0 saturated carbocycles. The lowest BCUT2D eigenvalue weighted by atomic mass is 10.1. The molecule has 10 heteroatoms. The molecule has 1 aromatic carbocycles. The number of amides is 1. The average molecular weight is 414 g/mol. The minimum Gasteiger partial charge on any atom is -0.489 e. The molecule has 10 nitrogen and oxygen atoms in total. The van der Waals surface area contributed by atoms with Gasteiger partial charge in [-0.05, 0) is 29.7 Å². The Balaban J connectivity index is 2.35. The summed E-state index contributed by atoms with van der Waals surface area (Å²) in [4.78, 5) is 26.2. The van der Waals surface area contributed by atoms with Crippen molar-refractivity contribution < 1.29 is 14.6 Å². The molecular weight excluding hydrogens is 388 g/mol. The van der Waals surface area contributed by atoms with E-state index in [1.807, 2.05) is 20.8 Å². The molecule has 0 unspecified atom stereocenters. The number of carboxylic acid groups (broad SMARTS) is 1. The normalized spacial score (nSPS) is 11.2. The molecule has 0 spiro atoms. The Hall–Kier alpha value is -3.43. The Morgan fingerprint density at radius 1 is 1.33 bits per heavy atom. The Morgan fingerprint density at radius 2 is 2.10 bits per heavy atom. The van der Waals surface area contributed by atoms with Gasteiger partial charge in [-0.2, -0.15) is 5.21 Å². The number of tetrazole rings is 1. The maximum Gasteiger partial charge on any atom is 0.412 e. The molecule has 0 saturated heterocycles. The van der Waals surface area contributed by atoms with Crippen LogP contribution in [0.25, 0.3) is 22.2 Å². The van der Waals surface area contributed by atoms with E-state index in [0.29, 0.717) is 41.1 Å². The number of hydrogen-bond acceptors (Lipinski definition) is 6. The first-order chi connectivity index (χ1) is 14.3. The number of hydrogen-bond donors (Lipinski definition) is 2. The summed E-state index contributed by atoms with van der Waals surface area (Å²) in [5.74, 6) is 1.07. The standard InChI is InChI=1S/C20H26N6O4/c1-5-6-9-30-16-15-10-13(17-21-23-24-22-17)7-8-14(15)19(27)26(11-12(2)3)18(16)25(4)20(28)29/h7-8,10,12H,5-6,9,11H2,1-4H3,(H,28,29)(H,21,22,23,24). The highest BCUT2D eigenvalue weighted by Gasteiger charge is 2.25. The molecule has 3 aromatic rings. The van der Waals surface area contributed by atoms with Gasteiger partial charge in [0.05, 0.1) is 12.0 Å². The largest absolute Gasteiger partial charge is 0.489 e. The fourth-order valence-corrected chi connectivity index (χ4v) is 3.25. The minimum atomic E-state index is -1.18. The van der Waals surface area contributed by atoms with Gasteiger partial charge in [0, 0.05) is 24.5 Å². The van der Waals surface area contributed by atoms with Crippen LogP contribution in [0, 0.1) is 5.92 Å². The number of rotatable bonds is 8. The molecule has 0 aliphatic heterocycles. The van der Waals surface area contributed by atoms with Crippen molar-refractivity contribution in [2.45, 2.75) is 40.2 Å². The highest BCUT2D eigenvalue weighted by Crippen LogP contribution is 2.36. The van der Waals surface area contributed by atoms with E-state index in [1.54, 1.807) is 18.2 Å². The van der Waals surface area contributed by atoms with Gasteiger partial charge in [0.25, 0.3) is 5.56 Å². The Kier molecular flexibility index (Phi) is 6.34. The molecule has 0 aliphatic carbocycles. The lowest BCUT2D eigenvalue weighted by Crippen LogP contribution is -2.34. The van der Waals surface area contributed by atoms with Crippen LogP contribution in [0.5, 0.6) is 5.75 Å². The maximum absolute atomic E-state index is 13.3. The van der Waals surface area contributed by atoms with Gasteiger partial charge in [0.2, 0.25) is 5.82 Å². The van der Waals surface area contributed by atoms with Crippen molar-refractivity contribution in [1.29, 1.82) is 0 Å². The van der Waals surface area contributed by atoms with Crippen molar-refractivity contribution in [3.63, 3.8) is 0 Å². The van der Waals surface area contributed by atoms with Gasteiger partial charge in [0.15, 0.2) is 11.6 Å². The monoisotopic (exact) mass is 414 g/mol. The fraction of sp³-hybridized carbons (Fsp3) is 0.450. The third-order valence-electron chi connectivity index (χ3n) is 4.70. The molecule has 0 fully saturated rings. The average Bonchev–Trinajstić information content (AvgIpc) is 3.25. The number of ether oxygens (including phenoxy) is 1. The smallest absolute Gasteiger partial charge is 0.412 e. The van der Waals surface area contributed by atoms with E-state index < -0.39 is 6.09 Å². The zero-order valence-electron chi connectivity index (χ0n) is 17.5. The molecule has 0 atom stereocenters. The van der Waals surface area contributed by atoms with Gasteiger partial charge in [-0.15, -0.1) is 10.2 Å². The van der Waals surface area contributed by atoms with Crippen LogP contribution in [0.1, 0.15) is 33.6 Å². The number of unbranched alkanes of at least 4 members (excludes halogenated alkanes) is 1. The van der Waals surface area contributed by atoms with Crippen LogP contribution in [0.4, 0.5) is 10.6 Å². The van der Waals surface area contributed by atoms with Crippen molar-refractivity contribution >= 4 is 22.7 Å². The highest BCUT2D eigenvalue weighted by atomic mass is 16.5. The van der Waals surface area contributed by atoms with Gasteiger partial charge in [0.1, 0.15) is 0 Å². The molecule has 3 rings (SSSR count). The summed E-state index contributed by atoms with van der Waals surface area (Å²) < 4.78 is 7.57. The van der Waals surface area contributed by atoms with Gasteiger partial charge in [-0.1, -0.05) is 33.3 Å². The van der Waals surface area contributed by atoms with Gasteiger partial charge >= 0.3 is 6.09 Å². The number of carbonyl (C=O) groups is 1. The minimum absolute atomic E-state index is 0.128. The quantitative estimate of drug-likeness (QED) is 0.542. The third kappa shape index (κ3) is 4.12. The first-order valence-corrected chi connectivity index (χ1v) is 9.89. The second-order valence-corrected chi connectivity index (χ2v) is 7.50. The van der Waals surface area contributed by atoms with Crippen molar-refractivity contribution in [1.82, 2.24) is 25.2 Å². The second kappa shape index (κ2) is 8.93. The molecule has 2 aromatic heterocycles. The number of aromatic nitrogens is 5. The summed E-state index contributed by atoms with van der Waals surface area (Å²) in [7, 11) is 1.41. The van der Waals surface area contributed by atoms with Gasteiger partial charge < -0.3 is 9.84 Å². The number of fused-ring (bicyclic) bond motifs is 1. The number of pyridine rings is 1. The molecule has 160 valence electrons.